The Morgan fingerprint density at radius 3 is 2.43 bits per heavy atom. The highest BCUT2D eigenvalue weighted by Crippen LogP contribution is 2.23. The molecule has 0 bridgehead atoms. The first-order chi connectivity index (χ1) is 10.8. The molecule has 1 saturated heterocycles. The van der Waals surface area contributed by atoms with E-state index in [4.69, 9.17) is 4.74 Å². The highest BCUT2D eigenvalue weighted by molar-refractivity contribution is 9.10. The zero-order valence-corrected chi connectivity index (χ0v) is 16.4. The van der Waals surface area contributed by atoms with Crippen molar-refractivity contribution in [1.29, 1.82) is 0 Å². The average molecular weight is 405 g/mol. The van der Waals surface area contributed by atoms with E-state index in [-0.39, 0.29) is 6.10 Å². The third-order valence-corrected chi connectivity index (χ3v) is 6.74. The van der Waals surface area contributed by atoms with Gasteiger partial charge in [0.2, 0.25) is 10.0 Å². The maximum atomic E-state index is 12.7. The van der Waals surface area contributed by atoms with Crippen molar-refractivity contribution in [2.45, 2.75) is 31.8 Å². The van der Waals surface area contributed by atoms with Crippen LogP contribution in [0.1, 0.15) is 19.4 Å². The molecule has 0 aliphatic carbocycles. The second-order valence-corrected chi connectivity index (χ2v) is 8.87. The van der Waals surface area contributed by atoms with Gasteiger partial charge in [-0.15, -0.1) is 0 Å². The van der Waals surface area contributed by atoms with E-state index in [1.54, 1.807) is 22.5 Å². The van der Waals surface area contributed by atoms with Crippen LogP contribution in [-0.4, -0.2) is 63.1 Å². The van der Waals surface area contributed by atoms with E-state index in [1.807, 2.05) is 20.8 Å². The van der Waals surface area contributed by atoms with Crippen LogP contribution < -0.4 is 0 Å². The molecule has 0 atom stereocenters. The van der Waals surface area contributed by atoms with E-state index in [0.29, 0.717) is 24.6 Å². The van der Waals surface area contributed by atoms with Gasteiger partial charge >= 0.3 is 0 Å². The lowest BCUT2D eigenvalue weighted by atomic mass is 10.2. The molecule has 0 N–H and O–H groups in total. The Morgan fingerprint density at radius 1 is 1.22 bits per heavy atom. The molecule has 130 valence electrons. The molecule has 23 heavy (non-hydrogen) atoms. The quantitative estimate of drug-likeness (QED) is 0.730. The van der Waals surface area contributed by atoms with E-state index in [0.717, 1.165) is 29.7 Å². The summed E-state index contributed by atoms with van der Waals surface area (Å²) >= 11 is 3.41. The fourth-order valence-electron chi connectivity index (χ4n) is 2.54. The van der Waals surface area contributed by atoms with Crippen molar-refractivity contribution < 1.29 is 13.2 Å². The first-order valence-corrected chi connectivity index (χ1v) is 10.1. The summed E-state index contributed by atoms with van der Waals surface area (Å²) in [5.74, 6) is 0. The first-order valence-electron chi connectivity index (χ1n) is 7.91. The van der Waals surface area contributed by atoms with Crippen molar-refractivity contribution in [3.8, 4) is 0 Å². The molecule has 5 nitrogen and oxygen atoms in total. The molecule has 2 rings (SSSR count). The summed E-state index contributed by atoms with van der Waals surface area (Å²) in [7, 11) is -3.40. The largest absolute Gasteiger partial charge is 0.377 e. The van der Waals surface area contributed by atoms with Gasteiger partial charge in [-0.1, -0.05) is 15.9 Å². The Hall–Kier alpha value is -0.470. The van der Waals surface area contributed by atoms with Crippen LogP contribution in [0.4, 0.5) is 0 Å². The molecule has 7 heteroatoms. The second kappa shape index (κ2) is 8.07. The van der Waals surface area contributed by atoms with Gasteiger partial charge in [0.15, 0.2) is 0 Å². The SMILES string of the molecule is Cc1cc(S(=O)(=O)N2CCN(CCOC(C)C)CC2)ccc1Br. The molecule has 1 aliphatic rings. The van der Waals surface area contributed by atoms with Gasteiger partial charge in [-0.05, 0) is 44.5 Å². The summed E-state index contributed by atoms with van der Waals surface area (Å²) < 4.78 is 33.5. The Balaban J connectivity index is 1.94. The van der Waals surface area contributed by atoms with E-state index < -0.39 is 10.0 Å². The Morgan fingerprint density at radius 2 is 1.87 bits per heavy atom. The molecule has 1 aromatic carbocycles. The van der Waals surface area contributed by atoms with Crippen molar-refractivity contribution in [1.82, 2.24) is 9.21 Å². The van der Waals surface area contributed by atoms with Crippen LogP contribution in [0.5, 0.6) is 0 Å². The molecule has 0 amide bonds. The molecule has 1 fully saturated rings. The van der Waals surface area contributed by atoms with Crippen molar-refractivity contribution in [2.75, 3.05) is 39.3 Å². The van der Waals surface area contributed by atoms with Crippen LogP contribution >= 0.6 is 15.9 Å². The lowest BCUT2D eigenvalue weighted by Crippen LogP contribution is -2.49. The Bertz CT molecular complexity index is 626. The highest BCUT2D eigenvalue weighted by atomic mass is 79.9. The summed E-state index contributed by atoms with van der Waals surface area (Å²) in [5.41, 5.74) is 0.926. The van der Waals surface area contributed by atoms with E-state index in [1.165, 1.54) is 0 Å². The predicted octanol–water partition coefficient (Wildman–Crippen LogP) is 2.49. The van der Waals surface area contributed by atoms with Crippen LogP contribution in [0.25, 0.3) is 0 Å². The van der Waals surface area contributed by atoms with Gasteiger partial charge < -0.3 is 4.74 Å². The summed E-state index contributed by atoms with van der Waals surface area (Å²) in [6, 6.07) is 5.18. The zero-order valence-electron chi connectivity index (χ0n) is 14.0. The molecule has 0 unspecified atom stereocenters. The van der Waals surface area contributed by atoms with Crippen LogP contribution in [0, 0.1) is 6.92 Å². The van der Waals surface area contributed by atoms with Crippen molar-refractivity contribution >= 4 is 26.0 Å². The molecule has 0 saturated carbocycles. The first kappa shape index (κ1) is 18.9. The standard InChI is InChI=1S/C16H25BrN2O3S/c1-13(2)22-11-10-18-6-8-19(9-7-18)23(20,21)15-4-5-16(17)14(3)12-15/h4-5,12-13H,6-11H2,1-3H3. The summed E-state index contributed by atoms with van der Waals surface area (Å²) in [4.78, 5) is 2.62. The number of aryl methyl sites for hydroxylation is 1. The number of piperazine rings is 1. The van der Waals surface area contributed by atoms with Gasteiger partial charge in [-0.25, -0.2) is 8.42 Å². The van der Waals surface area contributed by atoms with Crippen molar-refractivity contribution in [3.05, 3.63) is 28.2 Å². The van der Waals surface area contributed by atoms with E-state index >= 15 is 0 Å². The average Bonchev–Trinajstić information content (AvgIpc) is 2.50. The number of sulfonamides is 1. The molecular weight excluding hydrogens is 380 g/mol. The summed E-state index contributed by atoms with van der Waals surface area (Å²) in [6.45, 7) is 10.0. The van der Waals surface area contributed by atoms with Gasteiger partial charge in [-0.2, -0.15) is 4.31 Å². The van der Waals surface area contributed by atoms with Gasteiger partial charge in [0.05, 0.1) is 17.6 Å². The molecule has 0 spiro atoms. The minimum atomic E-state index is -3.40. The summed E-state index contributed by atoms with van der Waals surface area (Å²) in [6.07, 6.45) is 0.234. The maximum absolute atomic E-state index is 12.7. The van der Waals surface area contributed by atoms with Gasteiger partial charge in [0.25, 0.3) is 0 Å². The number of ether oxygens (including phenoxy) is 1. The molecule has 1 aromatic rings. The summed E-state index contributed by atoms with van der Waals surface area (Å²) in [5, 5.41) is 0. The highest BCUT2D eigenvalue weighted by Gasteiger charge is 2.28. The zero-order chi connectivity index (χ0) is 17.0. The Kier molecular flexibility index (Phi) is 6.62. The lowest BCUT2D eigenvalue weighted by Gasteiger charge is -2.34. The second-order valence-electron chi connectivity index (χ2n) is 6.08. The molecule has 1 aliphatic heterocycles. The van der Waals surface area contributed by atoms with Crippen molar-refractivity contribution in [2.24, 2.45) is 0 Å². The van der Waals surface area contributed by atoms with Crippen molar-refractivity contribution in [3.63, 3.8) is 0 Å². The van der Waals surface area contributed by atoms with Crippen LogP contribution in [0.3, 0.4) is 0 Å². The Labute approximate surface area is 147 Å². The van der Waals surface area contributed by atoms with Crippen LogP contribution in [0.15, 0.2) is 27.6 Å². The number of hydrogen-bond acceptors (Lipinski definition) is 4. The topological polar surface area (TPSA) is 49.9 Å². The molecule has 0 radical (unpaired) electrons. The number of rotatable bonds is 6. The molecule has 0 aromatic heterocycles. The van der Waals surface area contributed by atoms with Crippen LogP contribution in [-0.2, 0) is 14.8 Å². The monoisotopic (exact) mass is 404 g/mol. The van der Waals surface area contributed by atoms with E-state index in [2.05, 4.69) is 20.8 Å². The minimum absolute atomic E-state index is 0.234. The van der Waals surface area contributed by atoms with Gasteiger partial charge in [0.1, 0.15) is 0 Å². The third-order valence-electron chi connectivity index (χ3n) is 3.96. The smallest absolute Gasteiger partial charge is 0.243 e. The third kappa shape index (κ3) is 5.00. The fourth-order valence-corrected chi connectivity index (χ4v) is 4.29. The fraction of sp³-hybridized carbons (Fsp3) is 0.625. The predicted molar refractivity (Wildman–Crippen MR) is 95.2 cm³/mol. The normalized spacial score (nSPS) is 17.8. The number of nitrogens with zero attached hydrogens (tertiary/aromatic N) is 2. The van der Waals surface area contributed by atoms with Gasteiger partial charge in [0, 0.05) is 37.2 Å². The van der Waals surface area contributed by atoms with Crippen LogP contribution in [0.2, 0.25) is 0 Å². The maximum Gasteiger partial charge on any atom is 0.243 e. The number of benzene rings is 1. The molecule has 1 heterocycles. The number of hydrogen-bond donors (Lipinski definition) is 0. The lowest BCUT2D eigenvalue weighted by molar-refractivity contribution is 0.0521. The van der Waals surface area contributed by atoms with E-state index in [9.17, 15) is 8.42 Å². The number of halogens is 1. The minimum Gasteiger partial charge on any atom is -0.377 e. The van der Waals surface area contributed by atoms with Gasteiger partial charge in [-0.3, -0.25) is 4.90 Å². The molecular formula is C16H25BrN2O3S.